The molecule has 150 valence electrons. The Morgan fingerprint density at radius 2 is 1.97 bits per heavy atom. The molecule has 7 heteroatoms. The van der Waals surface area contributed by atoms with E-state index in [0.29, 0.717) is 5.84 Å². The Labute approximate surface area is 170 Å². The summed E-state index contributed by atoms with van der Waals surface area (Å²) in [5, 5.41) is 15.6. The second-order valence-corrected chi connectivity index (χ2v) is 7.26. The number of hydrogen-bond donors (Lipinski definition) is 3. The molecule has 3 N–H and O–H groups in total. The Balaban J connectivity index is 1.81. The van der Waals surface area contributed by atoms with E-state index in [1.807, 2.05) is 13.1 Å². The largest absolute Gasteiger partial charge is 0.381 e. The van der Waals surface area contributed by atoms with E-state index in [1.165, 1.54) is 11.9 Å². The van der Waals surface area contributed by atoms with Crippen molar-refractivity contribution in [2.24, 2.45) is 0 Å². The SMILES string of the molecule is CNc1c(C(=N)NC2CCOCC2)c(-c2cncnc2)cn1-c1cccc(C)c1. The summed E-state index contributed by atoms with van der Waals surface area (Å²) < 4.78 is 7.54. The van der Waals surface area contributed by atoms with Crippen molar-refractivity contribution in [2.45, 2.75) is 25.8 Å². The molecule has 0 radical (unpaired) electrons. The smallest absolute Gasteiger partial charge is 0.130 e. The molecule has 7 nitrogen and oxygen atoms in total. The third kappa shape index (κ3) is 4.00. The molecule has 0 saturated carbocycles. The lowest BCUT2D eigenvalue weighted by molar-refractivity contribution is 0.0824. The van der Waals surface area contributed by atoms with Gasteiger partial charge in [0.15, 0.2) is 0 Å². The first kappa shape index (κ1) is 19.1. The van der Waals surface area contributed by atoms with Gasteiger partial charge in [0, 0.05) is 61.7 Å². The van der Waals surface area contributed by atoms with E-state index >= 15 is 0 Å². The molecule has 4 rings (SSSR count). The number of hydrogen-bond acceptors (Lipinski definition) is 5. The highest BCUT2D eigenvalue weighted by Crippen LogP contribution is 2.33. The predicted molar refractivity (Wildman–Crippen MR) is 115 cm³/mol. The fraction of sp³-hybridized carbons (Fsp3) is 0.318. The summed E-state index contributed by atoms with van der Waals surface area (Å²) in [5.74, 6) is 1.26. The quantitative estimate of drug-likeness (QED) is 0.459. The van der Waals surface area contributed by atoms with Crippen molar-refractivity contribution in [3.8, 4) is 16.8 Å². The number of anilines is 1. The fourth-order valence-electron chi connectivity index (χ4n) is 3.76. The Bertz CT molecular complexity index is 992. The van der Waals surface area contributed by atoms with Gasteiger partial charge >= 0.3 is 0 Å². The zero-order valence-corrected chi connectivity index (χ0v) is 16.8. The molecule has 3 heterocycles. The number of benzene rings is 1. The number of ether oxygens (including phenoxy) is 1. The third-order valence-corrected chi connectivity index (χ3v) is 5.21. The van der Waals surface area contributed by atoms with Gasteiger partial charge in [-0.25, -0.2) is 9.97 Å². The van der Waals surface area contributed by atoms with Crippen molar-refractivity contribution in [3.63, 3.8) is 0 Å². The van der Waals surface area contributed by atoms with Crippen LogP contribution in [0.5, 0.6) is 0 Å². The van der Waals surface area contributed by atoms with Crippen LogP contribution in [0.25, 0.3) is 16.8 Å². The maximum atomic E-state index is 8.87. The summed E-state index contributed by atoms with van der Waals surface area (Å²) in [6, 6.07) is 8.56. The minimum Gasteiger partial charge on any atom is -0.381 e. The summed E-state index contributed by atoms with van der Waals surface area (Å²) in [7, 11) is 1.89. The van der Waals surface area contributed by atoms with E-state index in [2.05, 4.69) is 56.5 Å². The van der Waals surface area contributed by atoms with Gasteiger partial charge in [-0.3, -0.25) is 5.41 Å². The van der Waals surface area contributed by atoms with Crippen LogP contribution in [0.2, 0.25) is 0 Å². The van der Waals surface area contributed by atoms with Crippen LogP contribution in [0.3, 0.4) is 0 Å². The van der Waals surface area contributed by atoms with Gasteiger partial charge in [-0.05, 0) is 37.5 Å². The van der Waals surface area contributed by atoms with Crippen molar-refractivity contribution >= 4 is 11.7 Å². The molecule has 3 aromatic rings. The number of nitrogens with one attached hydrogen (secondary N) is 3. The summed E-state index contributed by atoms with van der Waals surface area (Å²) >= 11 is 0. The first-order valence-electron chi connectivity index (χ1n) is 9.86. The van der Waals surface area contributed by atoms with Crippen molar-refractivity contribution in [3.05, 3.63) is 60.3 Å². The Morgan fingerprint density at radius 1 is 1.21 bits per heavy atom. The van der Waals surface area contributed by atoms with Crippen LogP contribution < -0.4 is 10.6 Å². The van der Waals surface area contributed by atoms with Gasteiger partial charge in [0.1, 0.15) is 18.0 Å². The van der Waals surface area contributed by atoms with Crippen molar-refractivity contribution in [2.75, 3.05) is 25.6 Å². The molecule has 1 fully saturated rings. The molecule has 29 heavy (non-hydrogen) atoms. The third-order valence-electron chi connectivity index (χ3n) is 5.21. The van der Waals surface area contributed by atoms with E-state index in [9.17, 15) is 0 Å². The second-order valence-electron chi connectivity index (χ2n) is 7.26. The number of aromatic nitrogens is 3. The van der Waals surface area contributed by atoms with Gasteiger partial charge in [-0.1, -0.05) is 12.1 Å². The molecule has 0 aliphatic carbocycles. The Morgan fingerprint density at radius 3 is 2.66 bits per heavy atom. The molecule has 1 aromatic carbocycles. The Kier molecular flexibility index (Phi) is 5.57. The van der Waals surface area contributed by atoms with Crippen molar-refractivity contribution < 1.29 is 4.74 Å². The van der Waals surface area contributed by atoms with Crippen LogP contribution in [0, 0.1) is 12.3 Å². The molecule has 0 unspecified atom stereocenters. The van der Waals surface area contributed by atoms with E-state index in [-0.39, 0.29) is 6.04 Å². The number of rotatable bonds is 5. The average molecular weight is 390 g/mol. The van der Waals surface area contributed by atoms with Gasteiger partial charge in [0.2, 0.25) is 0 Å². The molecular weight excluding hydrogens is 364 g/mol. The highest BCUT2D eigenvalue weighted by Gasteiger charge is 2.24. The lowest BCUT2D eigenvalue weighted by atomic mass is 10.0. The molecule has 1 aliphatic heterocycles. The fourth-order valence-corrected chi connectivity index (χ4v) is 3.76. The second kappa shape index (κ2) is 8.45. The summed E-state index contributed by atoms with van der Waals surface area (Å²) in [6.45, 7) is 3.54. The van der Waals surface area contributed by atoms with E-state index < -0.39 is 0 Å². The standard InChI is InChI=1S/C22H26N6O/c1-15-4-3-5-18(10-15)28-13-19(16-11-25-14-26-12-16)20(22(28)24-2)21(23)27-17-6-8-29-9-7-17/h3-5,10-14,17,24H,6-9H2,1-2H3,(H2,23,27). The van der Waals surface area contributed by atoms with Gasteiger partial charge in [-0.2, -0.15) is 0 Å². The zero-order chi connectivity index (χ0) is 20.2. The van der Waals surface area contributed by atoms with Crippen molar-refractivity contribution in [1.82, 2.24) is 19.9 Å². The number of nitrogens with zero attached hydrogens (tertiary/aromatic N) is 3. The Hall–Kier alpha value is -3.19. The minimum atomic E-state index is 0.239. The minimum absolute atomic E-state index is 0.239. The van der Waals surface area contributed by atoms with E-state index in [0.717, 1.165) is 54.3 Å². The number of aryl methyl sites for hydroxylation is 1. The van der Waals surface area contributed by atoms with Gasteiger partial charge in [0.25, 0.3) is 0 Å². The van der Waals surface area contributed by atoms with Crippen molar-refractivity contribution in [1.29, 1.82) is 5.41 Å². The van der Waals surface area contributed by atoms with Gasteiger partial charge < -0.3 is 19.9 Å². The lowest BCUT2D eigenvalue weighted by Crippen LogP contribution is -2.39. The molecule has 0 spiro atoms. The monoisotopic (exact) mass is 390 g/mol. The highest BCUT2D eigenvalue weighted by molar-refractivity contribution is 6.07. The molecule has 0 atom stereocenters. The topological polar surface area (TPSA) is 87.8 Å². The summed E-state index contributed by atoms with van der Waals surface area (Å²) in [4.78, 5) is 8.36. The average Bonchev–Trinajstić information content (AvgIpc) is 3.15. The van der Waals surface area contributed by atoms with Crippen LogP contribution in [0.4, 0.5) is 5.82 Å². The maximum absolute atomic E-state index is 8.87. The van der Waals surface area contributed by atoms with Crippen LogP contribution in [0.1, 0.15) is 24.0 Å². The van der Waals surface area contributed by atoms with Crippen LogP contribution in [-0.4, -0.2) is 46.7 Å². The first-order chi connectivity index (χ1) is 14.2. The van der Waals surface area contributed by atoms with Gasteiger partial charge in [-0.15, -0.1) is 0 Å². The van der Waals surface area contributed by atoms with Gasteiger partial charge in [0.05, 0.1) is 5.56 Å². The van der Waals surface area contributed by atoms with Crippen LogP contribution in [0.15, 0.2) is 49.2 Å². The number of amidine groups is 1. The van der Waals surface area contributed by atoms with E-state index in [1.54, 1.807) is 12.4 Å². The molecule has 1 saturated heterocycles. The predicted octanol–water partition coefficient (Wildman–Crippen LogP) is 3.38. The molecule has 0 bridgehead atoms. The molecule has 2 aromatic heterocycles. The summed E-state index contributed by atoms with van der Waals surface area (Å²) in [6.07, 6.45) is 8.95. The van der Waals surface area contributed by atoms with E-state index in [4.69, 9.17) is 10.1 Å². The van der Waals surface area contributed by atoms with Crippen LogP contribution >= 0.6 is 0 Å². The summed E-state index contributed by atoms with van der Waals surface area (Å²) in [5.41, 5.74) is 4.83. The maximum Gasteiger partial charge on any atom is 0.130 e. The van der Waals surface area contributed by atoms with Crippen LogP contribution in [-0.2, 0) is 4.74 Å². The molecular formula is C22H26N6O. The molecule has 0 amide bonds. The normalized spacial score (nSPS) is 14.6. The first-order valence-corrected chi connectivity index (χ1v) is 9.86. The molecule has 1 aliphatic rings. The zero-order valence-electron chi connectivity index (χ0n) is 16.8. The lowest BCUT2D eigenvalue weighted by Gasteiger charge is -2.25. The highest BCUT2D eigenvalue weighted by atomic mass is 16.5.